The molecule has 0 N–H and O–H groups in total. The molecule has 0 aromatic heterocycles. The van der Waals surface area contributed by atoms with Crippen LogP contribution in [0.25, 0.3) is 0 Å². The first-order chi connectivity index (χ1) is 9.11. The summed E-state index contributed by atoms with van der Waals surface area (Å²) in [6, 6.07) is 0. The largest absolute Gasteiger partial charge is 0.196 e. The second kappa shape index (κ2) is 7.57. The molecule has 0 aliphatic heterocycles. The van der Waals surface area contributed by atoms with Gasteiger partial charge in [-0.1, -0.05) is 69.2 Å². The normalized spacial score (nSPS) is 10.0. The molecule has 0 saturated carbocycles. The van der Waals surface area contributed by atoms with Crippen molar-refractivity contribution in [1.82, 2.24) is 0 Å². The van der Waals surface area contributed by atoms with Crippen LogP contribution >= 0.6 is 0 Å². The van der Waals surface area contributed by atoms with Gasteiger partial charge < -0.3 is 0 Å². The molecule has 0 aliphatic rings. The van der Waals surface area contributed by atoms with E-state index in [0.717, 1.165) is 0 Å². The molecule has 2 aromatic carbocycles. The van der Waals surface area contributed by atoms with Gasteiger partial charge in [-0.3, -0.25) is 0 Å². The average Bonchev–Trinajstić information content (AvgIpc) is 2.71. The molecule has 1 radical (unpaired) electrons. The van der Waals surface area contributed by atoms with Gasteiger partial charge in [0.25, 0.3) is 0 Å². The van der Waals surface area contributed by atoms with Crippen LogP contribution in [0.3, 0.4) is 0 Å². The van der Waals surface area contributed by atoms with Crippen LogP contribution in [0.15, 0.2) is 0 Å². The van der Waals surface area contributed by atoms with E-state index in [-0.39, 0.29) is 20.4 Å². The molecule has 0 unspecified atom stereocenters. The van der Waals surface area contributed by atoms with Crippen LogP contribution in [0.2, 0.25) is 0 Å². The molecule has 0 aliphatic carbocycles. The minimum atomic E-state index is 0. The van der Waals surface area contributed by atoms with Crippen molar-refractivity contribution < 1.29 is 20.4 Å². The van der Waals surface area contributed by atoms with Gasteiger partial charge in [0.1, 0.15) is 0 Å². The average molecular weight is 457 g/mol. The Morgan fingerprint density at radius 2 is 0.571 bits per heavy atom. The summed E-state index contributed by atoms with van der Waals surface area (Å²) in [4.78, 5) is 0. The van der Waals surface area contributed by atoms with E-state index in [0.29, 0.717) is 0 Å². The van der Waals surface area contributed by atoms with Crippen LogP contribution in [0.5, 0.6) is 0 Å². The zero-order chi connectivity index (χ0) is 15.8. The molecule has 21 heavy (non-hydrogen) atoms. The zero-order valence-electron chi connectivity index (χ0n) is 15.4. The van der Waals surface area contributed by atoms with Crippen LogP contribution in [0.1, 0.15) is 55.6 Å². The fourth-order valence-corrected chi connectivity index (χ4v) is 2.81. The van der Waals surface area contributed by atoms with E-state index in [9.17, 15) is 0 Å². The molecule has 0 saturated heterocycles. The number of rotatable bonds is 0. The quantitative estimate of drug-likeness (QED) is 0.434. The molecule has 2 rings (SSSR count). The molecular formula is C20H30Re-2. The van der Waals surface area contributed by atoms with Crippen molar-refractivity contribution in [1.29, 1.82) is 0 Å². The molecule has 2 aromatic rings. The third-order valence-corrected chi connectivity index (χ3v) is 5.62. The Labute approximate surface area is 145 Å². The van der Waals surface area contributed by atoms with Gasteiger partial charge in [-0.2, -0.15) is 55.6 Å². The maximum atomic E-state index is 2.20. The summed E-state index contributed by atoms with van der Waals surface area (Å²) in [5.41, 5.74) is 14.7. The molecule has 1 heteroatoms. The third kappa shape index (κ3) is 3.77. The summed E-state index contributed by atoms with van der Waals surface area (Å²) in [6.07, 6.45) is 0. The second-order valence-corrected chi connectivity index (χ2v) is 6.25. The van der Waals surface area contributed by atoms with Crippen LogP contribution in [0, 0.1) is 69.2 Å². The van der Waals surface area contributed by atoms with E-state index in [1.807, 2.05) is 0 Å². The van der Waals surface area contributed by atoms with Gasteiger partial charge in [-0.25, -0.2) is 0 Å². The van der Waals surface area contributed by atoms with Gasteiger partial charge in [0.15, 0.2) is 0 Å². The topological polar surface area (TPSA) is 0 Å². The predicted molar refractivity (Wildman–Crippen MR) is 91.4 cm³/mol. The minimum absolute atomic E-state index is 0. The van der Waals surface area contributed by atoms with Crippen molar-refractivity contribution in [2.24, 2.45) is 0 Å². The fourth-order valence-electron chi connectivity index (χ4n) is 2.81. The smallest absolute Gasteiger partial charge is 0 e. The maximum Gasteiger partial charge on any atom is 0 e. The third-order valence-electron chi connectivity index (χ3n) is 5.62. The van der Waals surface area contributed by atoms with E-state index in [1.54, 1.807) is 0 Å². The first-order valence-electron chi connectivity index (χ1n) is 7.50. The van der Waals surface area contributed by atoms with Gasteiger partial charge in [-0.15, -0.1) is 0 Å². The van der Waals surface area contributed by atoms with Crippen molar-refractivity contribution >= 4 is 0 Å². The van der Waals surface area contributed by atoms with E-state index in [1.165, 1.54) is 55.6 Å². The fraction of sp³-hybridized carbons (Fsp3) is 0.500. The summed E-state index contributed by atoms with van der Waals surface area (Å²) in [5.74, 6) is 0. The van der Waals surface area contributed by atoms with Crippen LogP contribution < -0.4 is 0 Å². The van der Waals surface area contributed by atoms with Gasteiger partial charge in [0, 0.05) is 20.4 Å². The summed E-state index contributed by atoms with van der Waals surface area (Å²) < 4.78 is 0. The molecule has 0 amide bonds. The summed E-state index contributed by atoms with van der Waals surface area (Å²) in [5, 5.41) is 0. The minimum Gasteiger partial charge on any atom is -0.196 e. The number of hydrogen-bond acceptors (Lipinski definition) is 0. The Morgan fingerprint density at radius 1 is 0.429 bits per heavy atom. The van der Waals surface area contributed by atoms with Crippen LogP contribution in [0.4, 0.5) is 0 Å². The van der Waals surface area contributed by atoms with Gasteiger partial charge in [-0.05, 0) is 0 Å². The monoisotopic (exact) mass is 457 g/mol. The molecule has 0 spiro atoms. The second-order valence-electron chi connectivity index (χ2n) is 6.25. The van der Waals surface area contributed by atoms with E-state index < -0.39 is 0 Å². The summed E-state index contributed by atoms with van der Waals surface area (Å²) in [7, 11) is 0. The van der Waals surface area contributed by atoms with Gasteiger partial charge in [0.2, 0.25) is 0 Å². The molecule has 0 fully saturated rings. The molecule has 119 valence electrons. The molecular weight excluding hydrogens is 426 g/mol. The maximum absolute atomic E-state index is 2.20. The molecule has 0 heterocycles. The van der Waals surface area contributed by atoms with E-state index in [4.69, 9.17) is 0 Å². The first-order valence-corrected chi connectivity index (χ1v) is 7.50. The first kappa shape index (κ1) is 20.4. The summed E-state index contributed by atoms with van der Waals surface area (Å²) in [6.45, 7) is 22.0. The Morgan fingerprint density at radius 3 is 0.619 bits per heavy atom. The Balaban J connectivity index is 0.000000364. The van der Waals surface area contributed by atoms with Crippen LogP contribution in [-0.4, -0.2) is 0 Å². The Kier molecular flexibility index (Phi) is 7.34. The number of hydrogen-bond donors (Lipinski definition) is 0. The van der Waals surface area contributed by atoms with Crippen molar-refractivity contribution in [3.05, 3.63) is 55.6 Å². The standard InChI is InChI=1S/2C10H15.Re/c2*1-6-7(2)9(4)10(5)8(6)3;/h2*1-5H3;/q2*-1;. The molecule has 0 bridgehead atoms. The van der Waals surface area contributed by atoms with Crippen molar-refractivity contribution in [2.75, 3.05) is 0 Å². The Hall–Kier alpha value is -0.638. The molecule has 0 nitrogen and oxygen atoms in total. The SMILES string of the molecule is Cc1c(C)c(C)[c-](C)c1C.Cc1c(C)c(C)[c-](C)c1C.[Re]. The predicted octanol–water partition coefficient (Wildman–Crippen LogP) is 5.89. The van der Waals surface area contributed by atoms with Gasteiger partial charge >= 0.3 is 0 Å². The molecule has 0 atom stereocenters. The van der Waals surface area contributed by atoms with Crippen LogP contribution in [-0.2, 0) is 20.4 Å². The van der Waals surface area contributed by atoms with E-state index >= 15 is 0 Å². The van der Waals surface area contributed by atoms with Crippen molar-refractivity contribution in [3.63, 3.8) is 0 Å². The zero-order valence-corrected chi connectivity index (χ0v) is 18.1. The van der Waals surface area contributed by atoms with Crippen molar-refractivity contribution in [3.8, 4) is 0 Å². The summed E-state index contributed by atoms with van der Waals surface area (Å²) >= 11 is 0. The van der Waals surface area contributed by atoms with Crippen molar-refractivity contribution in [2.45, 2.75) is 69.2 Å². The van der Waals surface area contributed by atoms with Gasteiger partial charge in [0.05, 0.1) is 0 Å². The van der Waals surface area contributed by atoms with E-state index in [2.05, 4.69) is 69.2 Å². The Bertz CT molecular complexity index is 404.